The first-order chi connectivity index (χ1) is 5.38. The highest BCUT2D eigenvalue weighted by Gasteiger charge is 1.99. The van der Waals surface area contributed by atoms with Crippen LogP contribution in [0.2, 0.25) is 0 Å². The van der Waals surface area contributed by atoms with Crippen molar-refractivity contribution in [3.8, 4) is 0 Å². The second-order valence-corrected chi connectivity index (χ2v) is 2.05. The molecule has 0 aliphatic carbocycles. The van der Waals surface area contributed by atoms with Crippen LogP contribution < -0.4 is 0 Å². The highest BCUT2D eigenvalue weighted by atomic mass is 19.1. The molecule has 0 aliphatic heterocycles. The topological polar surface area (TPSA) is 38.7 Å². The van der Waals surface area contributed by atoms with E-state index in [1.807, 2.05) is 0 Å². The van der Waals surface area contributed by atoms with Crippen molar-refractivity contribution in [2.75, 3.05) is 0 Å². The molecule has 0 bridgehead atoms. The van der Waals surface area contributed by atoms with Crippen LogP contribution in [-0.2, 0) is 0 Å². The van der Waals surface area contributed by atoms with Crippen molar-refractivity contribution in [3.63, 3.8) is 0 Å². The minimum atomic E-state index is -0.364. The van der Waals surface area contributed by atoms with Crippen molar-refractivity contribution in [1.29, 1.82) is 0 Å². The molecule has 2 aromatic rings. The fourth-order valence-electron chi connectivity index (χ4n) is 0.863. The molecular weight excluding hydrogens is 145 g/mol. The monoisotopic (exact) mass is 149 g/mol. The smallest absolute Gasteiger partial charge is 0.152 e. The predicted octanol–water partition coefficient (Wildman–Crippen LogP) is 1.16. The van der Waals surface area contributed by atoms with Crippen LogP contribution >= 0.6 is 0 Å². The maximum Gasteiger partial charge on any atom is 0.152 e. The lowest BCUT2D eigenvalue weighted by Crippen LogP contribution is -1.87. The van der Waals surface area contributed by atoms with E-state index in [-0.39, 0.29) is 11.3 Å². The molecule has 0 atom stereocenters. The van der Waals surface area contributed by atoms with Gasteiger partial charge in [0.1, 0.15) is 17.4 Å². The van der Waals surface area contributed by atoms with E-state index in [1.54, 1.807) is 0 Å². The highest BCUT2D eigenvalue weighted by Crippen LogP contribution is 2.08. The van der Waals surface area contributed by atoms with Crippen LogP contribution in [0.1, 0.15) is 0 Å². The number of aromatic nitrogens is 3. The molecule has 0 aromatic carbocycles. The van der Waals surface area contributed by atoms with E-state index in [0.717, 1.165) is 0 Å². The minimum Gasteiger partial charge on any atom is -0.253 e. The molecule has 0 N–H and O–H groups in total. The van der Waals surface area contributed by atoms with E-state index in [4.69, 9.17) is 0 Å². The Morgan fingerprint density at radius 3 is 3.00 bits per heavy atom. The van der Waals surface area contributed by atoms with Crippen LogP contribution in [0.5, 0.6) is 0 Å². The molecule has 11 heavy (non-hydrogen) atoms. The summed E-state index contributed by atoms with van der Waals surface area (Å²) >= 11 is 0. The van der Waals surface area contributed by atoms with E-state index < -0.39 is 0 Å². The normalized spacial score (nSPS) is 10.3. The lowest BCUT2D eigenvalue weighted by molar-refractivity contribution is 0.635. The molecule has 2 heterocycles. The van der Waals surface area contributed by atoms with Crippen molar-refractivity contribution in [3.05, 3.63) is 30.6 Å². The van der Waals surface area contributed by atoms with E-state index in [2.05, 4.69) is 15.0 Å². The average molecular weight is 149 g/mol. The number of nitrogens with zero attached hydrogens (tertiary/aromatic N) is 3. The number of halogens is 1. The Bertz CT molecular complexity index is 383. The number of hydrogen-bond donors (Lipinski definition) is 0. The summed E-state index contributed by atoms with van der Waals surface area (Å²) in [7, 11) is 0. The summed E-state index contributed by atoms with van der Waals surface area (Å²) in [5.41, 5.74) is 0.745. The van der Waals surface area contributed by atoms with Gasteiger partial charge in [0.15, 0.2) is 5.82 Å². The molecule has 2 aromatic heterocycles. The zero-order valence-corrected chi connectivity index (χ0v) is 5.53. The lowest BCUT2D eigenvalue weighted by Gasteiger charge is -1.93. The zero-order chi connectivity index (χ0) is 7.68. The molecule has 4 heteroatoms. The fourth-order valence-corrected chi connectivity index (χ4v) is 0.863. The Labute approximate surface area is 61.9 Å². The van der Waals surface area contributed by atoms with Crippen molar-refractivity contribution in [2.45, 2.75) is 0 Å². The van der Waals surface area contributed by atoms with Crippen LogP contribution in [0.4, 0.5) is 4.39 Å². The summed E-state index contributed by atoms with van der Waals surface area (Å²) in [4.78, 5) is 11.3. The van der Waals surface area contributed by atoms with Crippen LogP contribution in [0.25, 0.3) is 11.0 Å². The van der Waals surface area contributed by atoms with Gasteiger partial charge in [-0.25, -0.2) is 14.4 Å². The first kappa shape index (κ1) is 6.15. The largest absolute Gasteiger partial charge is 0.253 e. The summed E-state index contributed by atoms with van der Waals surface area (Å²) < 4.78 is 12.9. The quantitative estimate of drug-likeness (QED) is 0.564. The Morgan fingerprint density at radius 2 is 2.18 bits per heavy atom. The summed E-state index contributed by atoms with van der Waals surface area (Å²) in [6.07, 6.45) is 4.17. The van der Waals surface area contributed by atoms with Crippen LogP contribution in [0, 0.1) is 5.82 Å². The van der Waals surface area contributed by atoms with Crippen molar-refractivity contribution >= 4 is 11.0 Å². The molecule has 0 spiro atoms. The van der Waals surface area contributed by atoms with E-state index in [1.165, 1.54) is 24.8 Å². The molecule has 0 aliphatic rings. The van der Waals surface area contributed by atoms with Gasteiger partial charge in [0.05, 0.1) is 6.20 Å². The SMILES string of the molecule is Fc1ccnc2cncnc12. The van der Waals surface area contributed by atoms with Crippen LogP contribution in [0.3, 0.4) is 0 Å². The van der Waals surface area contributed by atoms with Gasteiger partial charge >= 0.3 is 0 Å². The van der Waals surface area contributed by atoms with E-state index >= 15 is 0 Å². The summed E-state index contributed by atoms with van der Waals surface area (Å²) in [6, 6.07) is 1.27. The number of fused-ring (bicyclic) bond motifs is 1. The third kappa shape index (κ3) is 0.920. The Kier molecular flexibility index (Phi) is 1.25. The number of rotatable bonds is 0. The lowest BCUT2D eigenvalue weighted by atomic mass is 10.3. The first-order valence-electron chi connectivity index (χ1n) is 3.08. The second-order valence-electron chi connectivity index (χ2n) is 2.05. The van der Waals surface area contributed by atoms with Gasteiger partial charge in [-0.3, -0.25) is 4.98 Å². The standard InChI is InChI=1S/C7H4FN3/c8-5-1-2-10-6-3-9-4-11-7(5)6/h1-4H. The molecule has 0 saturated heterocycles. The van der Waals surface area contributed by atoms with Gasteiger partial charge in [0, 0.05) is 6.20 Å². The van der Waals surface area contributed by atoms with Crippen LogP contribution in [0.15, 0.2) is 24.8 Å². The molecule has 0 amide bonds. The van der Waals surface area contributed by atoms with Gasteiger partial charge in [-0.1, -0.05) is 0 Å². The van der Waals surface area contributed by atoms with Gasteiger partial charge in [-0.2, -0.15) is 0 Å². The predicted molar refractivity (Wildman–Crippen MR) is 37.3 cm³/mol. The van der Waals surface area contributed by atoms with Gasteiger partial charge in [-0.15, -0.1) is 0 Å². The zero-order valence-electron chi connectivity index (χ0n) is 5.53. The maximum absolute atomic E-state index is 12.9. The van der Waals surface area contributed by atoms with Gasteiger partial charge in [-0.05, 0) is 6.07 Å². The van der Waals surface area contributed by atoms with Gasteiger partial charge < -0.3 is 0 Å². The van der Waals surface area contributed by atoms with Gasteiger partial charge in [0.25, 0.3) is 0 Å². The summed E-state index contributed by atoms with van der Waals surface area (Å²) in [5, 5.41) is 0. The molecule has 2 rings (SSSR count). The van der Waals surface area contributed by atoms with Crippen molar-refractivity contribution in [1.82, 2.24) is 15.0 Å². The van der Waals surface area contributed by atoms with Crippen molar-refractivity contribution < 1.29 is 4.39 Å². The maximum atomic E-state index is 12.9. The molecular formula is C7H4FN3. The Balaban J connectivity index is 2.91. The number of pyridine rings is 1. The molecule has 0 unspecified atom stereocenters. The molecule has 3 nitrogen and oxygen atoms in total. The third-order valence-corrected chi connectivity index (χ3v) is 1.35. The van der Waals surface area contributed by atoms with Gasteiger partial charge in [0.2, 0.25) is 0 Å². The average Bonchev–Trinajstić information content (AvgIpc) is 2.06. The highest BCUT2D eigenvalue weighted by molar-refractivity contribution is 5.72. The Morgan fingerprint density at radius 1 is 1.27 bits per heavy atom. The van der Waals surface area contributed by atoms with E-state index in [9.17, 15) is 4.39 Å². The fraction of sp³-hybridized carbons (Fsp3) is 0. The molecule has 0 fully saturated rings. The Hall–Kier alpha value is -1.58. The van der Waals surface area contributed by atoms with Crippen molar-refractivity contribution in [2.24, 2.45) is 0 Å². The molecule has 0 radical (unpaired) electrons. The number of hydrogen-bond acceptors (Lipinski definition) is 3. The van der Waals surface area contributed by atoms with E-state index in [0.29, 0.717) is 5.52 Å². The molecule has 0 saturated carbocycles. The first-order valence-corrected chi connectivity index (χ1v) is 3.08. The van der Waals surface area contributed by atoms with Crippen LogP contribution in [-0.4, -0.2) is 15.0 Å². The summed E-state index contributed by atoms with van der Waals surface area (Å²) in [6.45, 7) is 0. The summed E-state index contributed by atoms with van der Waals surface area (Å²) in [5.74, 6) is -0.364. The molecule has 54 valence electrons. The minimum absolute atomic E-state index is 0.266. The second kappa shape index (κ2) is 2.23. The third-order valence-electron chi connectivity index (χ3n) is 1.35.